The Hall–Kier alpha value is -1.26. The first kappa shape index (κ1) is 21.8. The molecule has 25 heavy (non-hydrogen) atoms. The monoisotopic (exact) mass is 368 g/mol. The molecule has 1 aliphatic rings. The van der Waals surface area contributed by atoms with Crippen molar-refractivity contribution in [2.24, 2.45) is 0 Å². The minimum atomic E-state index is -0.383. The number of hydrogen-bond acceptors (Lipinski definition) is 4. The Bertz CT molecular complexity index is 540. The van der Waals surface area contributed by atoms with Gasteiger partial charge in [0.25, 0.3) is 0 Å². The third-order valence-corrected chi connectivity index (χ3v) is 5.22. The van der Waals surface area contributed by atoms with Crippen LogP contribution in [0.4, 0.5) is 0 Å². The summed E-state index contributed by atoms with van der Waals surface area (Å²) in [5.74, 6) is -0.383. The van der Waals surface area contributed by atoms with Gasteiger partial charge in [0.15, 0.2) is 0 Å². The maximum atomic E-state index is 12.2. The Kier molecular flexibility index (Phi) is 8.74. The van der Waals surface area contributed by atoms with Gasteiger partial charge in [-0.05, 0) is 72.2 Å². The first-order valence-corrected chi connectivity index (χ1v) is 9.36. The number of rotatable bonds is 7. The molecule has 1 fully saturated rings. The van der Waals surface area contributed by atoms with Crippen LogP contribution in [0.3, 0.4) is 0 Å². The normalized spacial score (nSPS) is 22.5. The van der Waals surface area contributed by atoms with Gasteiger partial charge in [-0.15, -0.1) is 0 Å². The molecule has 0 aromatic carbocycles. The Labute approximate surface area is 158 Å². The van der Waals surface area contributed by atoms with Crippen molar-refractivity contribution in [3.63, 3.8) is 0 Å². The Balaban J connectivity index is 3.02. The molecule has 4 nitrogen and oxygen atoms in total. The van der Waals surface area contributed by atoms with E-state index in [0.29, 0.717) is 22.7 Å². The lowest BCUT2D eigenvalue weighted by molar-refractivity contribution is -0.135. The van der Waals surface area contributed by atoms with E-state index in [9.17, 15) is 4.79 Å². The van der Waals surface area contributed by atoms with Crippen LogP contribution in [0.15, 0.2) is 34.5 Å². The Morgan fingerprint density at radius 1 is 1.20 bits per heavy atom. The molecule has 1 aliphatic carbocycles. The van der Waals surface area contributed by atoms with Crippen LogP contribution < -0.4 is 0 Å². The van der Waals surface area contributed by atoms with Gasteiger partial charge in [0.2, 0.25) is 0 Å². The van der Waals surface area contributed by atoms with E-state index >= 15 is 0 Å². The lowest BCUT2D eigenvalue weighted by Crippen LogP contribution is -2.41. The minimum Gasteiger partial charge on any atom is -0.465 e. The maximum Gasteiger partial charge on any atom is 0.338 e. The van der Waals surface area contributed by atoms with Crippen molar-refractivity contribution >= 4 is 17.6 Å². The van der Waals surface area contributed by atoms with Gasteiger partial charge in [0, 0.05) is 29.4 Å². The number of methoxy groups -OCH3 is 1. The number of likely N-dealkylation sites (N-methyl/N-ethyl adjacent to an activating group) is 1. The second-order valence-corrected chi connectivity index (χ2v) is 7.52. The molecular weight excluding hydrogens is 336 g/mol. The summed E-state index contributed by atoms with van der Waals surface area (Å²) < 4.78 is 4.92. The van der Waals surface area contributed by atoms with Crippen LogP contribution in [0.1, 0.15) is 46.5 Å². The van der Waals surface area contributed by atoms with E-state index < -0.39 is 0 Å². The fourth-order valence-corrected chi connectivity index (χ4v) is 3.66. The highest BCUT2D eigenvalue weighted by molar-refractivity contribution is 6.29. The molecule has 0 aliphatic heterocycles. The number of hydrogen-bond donors (Lipinski definition) is 0. The van der Waals surface area contributed by atoms with Crippen LogP contribution in [-0.2, 0) is 9.53 Å². The van der Waals surface area contributed by atoms with Crippen LogP contribution in [-0.4, -0.2) is 55.6 Å². The summed E-state index contributed by atoms with van der Waals surface area (Å²) in [6.45, 7) is 10.9. The summed E-state index contributed by atoms with van der Waals surface area (Å²) >= 11 is 6.00. The van der Waals surface area contributed by atoms with Crippen LogP contribution >= 0.6 is 11.6 Å². The minimum absolute atomic E-state index is 0.383. The van der Waals surface area contributed by atoms with Gasteiger partial charge < -0.3 is 14.5 Å². The average molecular weight is 369 g/mol. The molecule has 1 rings (SSSR count). The highest BCUT2D eigenvalue weighted by atomic mass is 35.5. The predicted octanol–water partition coefficient (Wildman–Crippen LogP) is 4.33. The van der Waals surface area contributed by atoms with Crippen LogP contribution in [0.25, 0.3) is 0 Å². The van der Waals surface area contributed by atoms with Crippen LogP contribution in [0.2, 0.25) is 0 Å². The quantitative estimate of drug-likeness (QED) is 0.380. The number of halogens is 1. The first-order valence-electron chi connectivity index (χ1n) is 8.98. The highest BCUT2D eigenvalue weighted by Gasteiger charge is 2.28. The van der Waals surface area contributed by atoms with E-state index in [1.807, 2.05) is 6.92 Å². The van der Waals surface area contributed by atoms with Gasteiger partial charge in [-0.2, -0.15) is 0 Å². The molecule has 0 aromatic rings. The van der Waals surface area contributed by atoms with E-state index in [1.165, 1.54) is 20.0 Å². The molecule has 0 aromatic heterocycles. The second kappa shape index (κ2) is 10.0. The van der Waals surface area contributed by atoms with Gasteiger partial charge in [0.1, 0.15) is 0 Å². The van der Waals surface area contributed by atoms with Crippen molar-refractivity contribution in [3.05, 3.63) is 34.5 Å². The van der Waals surface area contributed by atoms with Crippen molar-refractivity contribution in [3.8, 4) is 0 Å². The van der Waals surface area contributed by atoms with Gasteiger partial charge in [-0.1, -0.05) is 18.2 Å². The molecule has 0 radical (unpaired) electrons. The summed E-state index contributed by atoms with van der Waals surface area (Å²) in [7, 11) is 5.69. The fourth-order valence-electron chi connectivity index (χ4n) is 3.56. The summed E-state index contributed by atoms with van der Waals surface area (Å²) in [6, 6.07) is 1.12. The fraction of sp³-hybridized carbons (Fsp3) is 0.650. The lowest BCUT2D eigenvalue weighted by atomic mass is 9.88. The molecule has 0 unspecified atom stereocenters. The van der Waals surface area contributed by atoms with Crippen molar-refractivity contribution in [2.45, 2.75) is 58.5 Å². The molecule has 0 amide bonds. The molecule has 5 heteroatoms. The molecule has 0 atom stereocenters. The van der Waals surface area contributed by atoms with Gasteiger partial charge in [-0.25, -0.2) is 4.79 Å². The standard InChI is InChI=1S/C20H33ClN2O2/c1-8-23(18-11-9-17(10-12-18)22(5)6)16(4)15(3)19(13-14(2)21)20(24)25-7/h13,17-18H,4,8-12H2,1-3,5-7H3/b14-13+,19-15+. The molecule has 0 N–H and O–H groups in total. The Morgan fingerprint density at radius 3 is 2.12 bits per heavy atom. The molecule has 0 spiro atoms. The summed E-state index contributed by atoms with van der Waals surface area (Å²) in [5, 5.41) is 0.544. The number of carbonyl (C=O) groups excluding carboxylic acids is 1. The van der Waals surface area contributed by atoms with Crippen molar-refractivity contribution in [1.29, 1.82) is 0 Å². The smallest absolute Gasteiger partial charge is 0.338 e. The molecule has 0 saturated heterocycles. The summed E-state index contributed by atoms with van der Waals surface area (Å²) in [5.41, 5.74) is 2.18. The van der Waals surface area contributed by atoms with E-state index in [2.05, 4.69) is 37.4 Å². The summed E-state index contributed by atoms with van der Waals surface area (Å²) in [6.07, 6.45) is 6.32. The first-order chi connectivity index (χ1) is 11.7. The number of nitrogens with zero attached hydrogens (tertiary/aromatic N) is 2. The Morgan fingerprint density at radius 2 is 1.72 bits per heavy atom. The topological polar surface area (TPSA) is 32.8 Å². The highest BCUT2D eigenvalue weighted by Crippen LogP contribution is 2.30. The van der Waals surface area contributed by atoms with Crippen molar-refractivity contribution in [1.82, 2.24) is 9.80 Å². The zero-order valence-corrected chi connectivity index (χ0v) is 17.3. The average Bonchev–Trinajstić information content (AvgIpc) is 2.59. The largest absolute Gasteiger partial charge is 0.465 e. The molecule has 1 saturated carbocycles. The van der Waals surface area contributed by atoms with Gasteiger partial charge in [0.05, 0.1) is 12.7 Å². The van der Waals surface area contributed by atoms with Crippen molar-refractivity contribution < 1.29 is 9.53 Å². The third-order valence-electron chi connectivity index (χ3n) is 5.11. The maximum absolute atomic E-state index is 12.2. The lowest BCUT2D eigenvalue weighted by Gasteiger charge is -2.40. The molecular formula is C20H33ClN2O2. The van der Waals surface area contributed by atoms with Crippen molar-refractivity contribution in [2.75, 3.05) is 27.7 Å². The predicted molar refractivity (Wildman–Crippen MR) is 106 cm³/mol. The molecule has 0 bridgehead atoms. The zero-order chi connectivity index (χ0) is 19.1. The van der Waals surface area contributed by atoms with Crippen LogP contribution in [0, 0.1) is 0 Å². The number of esters is 1. The van der Waals surface area contributed by atoms with E-state index in [-0.39, 0.29) is 5.97 Å². The van der Waals surface area contributed by atoms with Gasteiger partial charge >= 0.3 is 5.97 Å². The van der Waals surface area contributed by atoms with E-state index in [0.717, 1.165) is 30.7 Å². The molecule has 142 valence electrons. The number of ether oxygens (including phenoxy) is 1. The summed E-state index contributed by atoms with van der Waals surface area (Å²) in [4.78, 5) is 16.8. The molecule has 0 heterocycles. The number of carbonyl (C=O) groups is 1. The SMILES string of the molecule is C=C(/C(C)=C(\C=C(/C)Cl)C(=O)OC)N(CC)C1CCC(N(C)C)CC1. The zero-order valence-electron chi connectivity index (χ0n) is 16.6. The van der Waals surface area contributed by atoms with Gasteiger partial charge in [-0.3, -0.25) is 0 Å². The van der Waals surface area contributed by atoms with Crippen LogP contribution in [0.5, 0.6) is 0 Å². The second-order valence-electron chi connectivity index (χ2n) is 6.92. The van der Waals surface area contributed by atoms with E-state index in [1.54, 1.807) is 13.0 Å². The van der Waals surface area contributed by atoms with E-state index in [4.69, 9.17) is 16.3 Å². The number of allylic oxidation sites excluding steroid dienone is 2. The third kappa shape index (κ3) is 5.89.